The Bertz CT molecular complexity index is 1760. The van der Waals surface area contributed by atoms with Crippen molar-refractivity contribution in [2.24, 2.45) is 0 Å². The predicted molar refractivity (Wildman–Crippen MR) is 145 cm³/mol. The van der Waals surface area contributed by atoms with Gasteiger partial charge in [0.25, 0.3) is 5.91 Å². The number of piperazine rings is 1. The van der Waals surface area contributed by atoms with E-state index >= 15 is 0 Å². The summed E-state index contributed by atoms with van der Waals surface area (Å²) < 4.78 is 59.4. The average molecular weight is 580 g/mol. The van der Waals surface area contributed by atoms with Gasteiger partial charge in [-0.25, -0.2) is 18.6 Å². The Morgan fingerprint density at radius 3 is 2.62 bits per heavy atom. The van der Waals surface area contributed by atoms with Gasteiger partial charge in [0.15, 0.2) is 5.65 Å². The second kappa shape index (κ2) is 10.9. The van der Waals surface area contributed by atoms with E-state index in [1.165, 1.54) is 35.1 Å². The van der Waals surface area contributed by atoms with Gasteiger partial charge in [-0.15, -0.1) is 5.10 Å². The Kier molecular flexibility index (Phi) is 7.16. The number of amides is 1. The van der Waals surface area contributed by atoms with Crippen molar-refractivity contribution < 1.29 is 22.4 Å². The molecule has 1 aliphatic heterocycles. The number of likely N-dealkylation sites (N-methyl/N-ethyl adjacent to an activating group) is 1. The number of alkyl halides is 3. The molecule has 1 fully saturated rings. The molecule has 1 N–H and O–H groups in total. The van der Waals surface area contributed by atoms with Gasteiger partial charge in [-0.2, -0.15) is 18.3 Å². The van der Waals surface area contributed by atoms with Crippen LogP contribution in [0.25, 0.3) is 22.6 Å². The third-order valence-corrected chi connectivity index (χ3v) is 7.15. The number of carbonyl (C=O) groups excluding carboxylic acids is 1. The molecule has 3 aromatic heterocycles. The average Bonchev–Trinajstić information content (AvgIpc) is 3.64. The molecule has 1 amide bonds. The van der Waals surface area contributed by atoms with Crippen LogP contribution in [0.15, 0.2) is 67.3 Å². The van der Waals surface area contributed by atoms with Crippen LogP contribution in [-0.2, 0) is 12.7 Å². The van der Waals surface area contributed by atoms with E-state index in [0.717, 1.165) is 25.2 Å². The summed E-state index contributed by atoms with van der Waals surface area (Å²) in [5.41, 5.74) is 0.891. The maximum absolute atomic E-state index is 14.8. The molecule has 10 nitrogen and oxygen atoms in total. The summed E-state index contributed by atoms with van der Waals surface area (Å²) in [4.78, 5) is 21.4. The highest BCUT2D eigenvalue weighted by atomic mass is 19.4. The van der Waals surface area contributed by atoms with E-state index in [4.69, 9.17) is 0 Å². The number of nitrogens with zero attached hydrogens (tertiary/aromatic N) is 8. The maximum Gasteiger partial charge on any atom is 0.416 e. The second-order valence-corrected chi connectivity index (χ2v) is 10.1. The molecule has 0 saturated carbocycles. The normalized spacial score (nSPS) is 14.9. The molecule has 1 aliphatic rings. The fraction of sp³-hybridized carbons (Fsp3) is 0.250. The number of halogens is 4. The molecule has 5 aromatic rings. The van der Waals surface area contributed by atoms with Crippen molar-refractivity contribution in [3.8, 4) is 16.9 Å². The molecule has 0 bridgehead atoms. The molecule has 0 spiro atoms. The number of rotatable bonds is 6. The van der Waals surface area contributed by atoms with Gasteiger partial charge in [-0.1, -0.05) is 11.3 Å². The van der Waals surface area contributed by atoms with E-state index in [-0.39, 0.29) is 29.0 Å². The van der Waals surface area contributed by atoms with Crippen molar-refractivity contribution in [2.45, 2.75) is 12.7 Å². The van der Waals surface area contributed by atoms with Crippen molar-refractivity contribution >= 4 is 17.2 Å². The van der Waals surface area contributed by atoms with Crippen LogP contribution in [0.5, 0.6) is 0 Å². The molecule has 14 heteroatoms. The molecular formula is C28H25F4N9O. The number of carbonyl (C=O) groups is 1. The molecule has 6 rings (SSSR count). The Morgan fingerprint density at radius 1 is 1.02 bits per heavy atom. The summed E-state index contributed by atoms with van der Waals surface area (Å²) in [6.45, 7) is 3.06. The van der Waals surface area contributed by atoms with E-state index in [2.05, 4.69) is 30.6 Å². The minimum absolute atomic E-state index is 0.0233. The lowest BCUT2D eigenvalue weighted by Crippen LogP contribution is -2.44. The maximum atomic E-state index is 14.8. The number of nitrogens with one attached hydrogen (secondary N) is 1. The first-order valence-corrected chi connectivity index (χ1v) is 13.1. The van der Waals surface area contributed by atoms with Crippen LogP contribution in [0, 0.1) is 5.82 Å². The highest BCUT2D eigenvalue weighted by Gasteiger charge is 2.34. The summed E-state index contributed by atoms with van der Waals surface area (Å²) in [6, 6.07) is 9.08. The lowest BCUT2D eigenvalue weighted by atomic mass is 10.0. The predicted octanol–water partition coefficient (Wildman–Crippen LogP) is 4.13. The summed E-state index contributed by atoms with van der Waals surface area (Å²) in [7, 11) is 1.98. The minimum Gasteiger partial charge on any atom is -0.322 e. The van der Waals surface area contributed by atoms with Gasteiger partial charge in [0.05, 0.1) is 18.0 Å². The van der Waals surface area contributed by atoms with Gasteiger partial charge in [0.2, 0.25) is 0 Å². The number of fused-ring (bicyclic) bond motifs is 1. The summed E-state index contributed by atoms with van der Waals surface area (Å²) in [5.74, 6) is -1.37. The monoisotopic (exact) mass is 579 g/mol. The van der Waals surface area contributed by atoms with E-state index in [0.29, 0.717) is 30.0 Å². The van der Waals surface area contributed by atoms with Crippen molar-refractivity contribution in [3.05, 3.63) is 89.8 Å². The number of anilines is 1. The summed E-state index contributed by atoms with van der Waals surface area (Å²) in [5, 5.41) is 14.7. The third kappa shape index (κ3) is 5.71. The van der Waals surface area contributed by atoms with Crippen molar-refractivity contribution in [3.63, 3.8) is 0 Å². The molecule has 2 aromatic carbocycles. The first-order valence-electron chi connectivity index (χ1n) is 13.1. The first-order chi connectivity index (χ1) is 20.1. The molecule has 1 saturated heterocycles. The number of hydrogen-bond donors (Lipinski definition) is 1. The fourth-order valence-electron chi connectivity index (χ4n) is 4.79. The van der Waals surface area contributed by atoms with Crippen molar-refractivity contribution in [1.82, 2.24) is 39.4 Å². The Balaban J connectivity index is 1.22. The van der Waals surface area contributed by atoms with E-state index in [9.17, 15) is 22.4 Å². The van der Waals surface area contributed by atoms with Gasteiger partial charge in [-0.3, -0.25) is 9.69 Å². The number of hydrogen-bond acceptors (Lipinski definition) is 7. The van der Waals surface area contributed by atoms with Gasteiger partial charge in [-0.05, 0) is 42.9 Å². The van der Waals surface area contributed by atoms with E-state index in [1.807, 2.05) is 11.9 Å². The van der Waals surface area contributed by atoms with E-state index in [1.54, 1.807) is 29.2 Å². The van der Waals surface area contributed by atoms with Gasteiger partial charge in [0, 0.05) is 68.0 Å². The standard InChI is InChI=1S/C28H25F4N9O/c1-38-8-10-39(11-9-38)15-19-2-4-21(13-22(19)28(30,31)32)35-27(42)18-3-5-23(29)25(12-18)40-17-24(36-37-40)20-14-33-26-6-7-34-41(26)16-20/h2-7,12-14,16-17H,8-11,15H2,1H3,(H,35,42). The zero-order chi connectivity index (χ0) is 29.4. The largest absolute Gasteiger partial charge is 0.416 e. The molecule has 0 aliphatic carbocycles. The Hall–Kier alpha value is -4.69. The van der Waals surface area contributed by atoms with Crippen LogP contribution < -0.4 is 5.32 Å². The zero-order valence-electron chi connectivity index (χ0n) is 22.4. The van der Waals surface area contributed by atoms with Gasteiger partial charge >= 0.3 is 6.18 Å². The summed E-state index contributed by atoms with van der Waals surface area (Å²) >= 11 is 0. The summed E-state index contributed by atoms with van der Waals surface area (Å²) in [6.07, 6.45) is 1.75. The van der Waals surface area contributed by atoms with Crippen molar-refractivity contribution in [1.29, 1.82) is 0 Å². The Morgan fingerprint density at radius 2 is 1.83 bits per heavy atom. The SMILES string of the molecule is CN1CCN(Cc2ccc(NC(=O)c3ccc(F)c(-n4cc(-c5cnc6ccnn6c5)nn4)c3)cc2C(F)(F)F)CC1. The molecule has 0 radical (unpaired) electrons. The second-order valence-electron chi connectivity index (χ2n) is 10.1. The van der Waals surface area contributed by atoms with E-state index < -0.39 is 23.5 Å². The van der Waals surface area contributed by atoms with Crippen LogP contribution in [0.1, 0.15) is 21.5 Å². The number of aromatic nitrogens is 6. The van der Waals surface area contributed by atoms with Crippen LogP contribution in [-0.4, -0.2) is 78.5 Å². The minimum atomic E-state index is -4.60. The van der Waals surface area contributed by atoms with Crippen LogP contribution in [0.4, 0.5) is 23.2 Å². The quantitative estimate of drug-likeness (QED) is 0.302. The molecule has 4 heterocycles. The zero-order valence-corrected chi connectivity index (χ0v) is 22.4. The lowest BCUT2D eigenvalue weighted by Gasteiger charge is -2.33. The fourth-order valence-corrected chi connectivity index (χ4v) is 4.79. The molecule has 0 atom stereocenters. The highest BCUT2D eigenvalue weighted by Crippen LogP contribution is 2.35. The van der Waals surface area contributed by atoms with Crippen LogP contribution >= 0.6 is 0 Å². The van der Waals surface area contributed by atoms with Crippen molar-refractivity contribution in [2.75, 3.05) is 38.5 Å². The highest BCUT2D eigenvalue weighted by molar-refractivity contribution is 6.04. The Labute approximate surface area is 237 Å². The first kappa shape index (κ1) is 27.5. The van der Waals surface area contributed by atoms with Crippen LogP contribution in [0.2, 0.25) is 0 Å². The van der Waals surface area contributed by atoms with Gasteiger partial charge < -0.3 is 10.2 Å². The van der Waals surface area contributed by atoms with Crippen LogP contribution in [0.3, 0.4) is 0 Å². The third-order valence-electron chi connectivity index (χ3n) is 7.15. The van der Waals surface area contributed by atoms with Gasteiger partial charge in [0.1, 0.15) is 17.2 Å². The lowest BCUT2D eigenvalue weighted by molar-refractivity contribution is -0.138. The molecular weight excluding hydrogens is 554 g/mol. The smallest absolute Gasteiger partial charge is 0.322 e. The number of benzene rings is 2. The molecule has 42 heavy (non-hydrogen) atoms. The topological polar surface area (TPSA) is 96.5 Å². The molecule has 216 valence electrons. The molecule has 0 unspecified atom stereocenters.